The molecule has 0 atom stereocenters. The van der Waals surface area contributed by atoms with Crippen molar-refractivity contribution < 1.29 is 9.53 Å². The number of carbonyl (C=O) groups is 1. The highest BCUT2D eigenvalue weighted by Gasteiger charge is 2.13. The predicted molar refractivity (Wildman–Crippen MR) is 97.1 cm³/mol. The number of amides is 1. The van der Waals surface area contributed by atoms with Gasteiger partial charge in [0.25, 0.3) is 5.91 Å². The second kappa shape index (κ2) is 7.66. The fourth-order valence-electron chi connectivity index (χ4n) is 2.65. The normalized spacial score (nSPS) is 10.5. The van der Waals surface area contributed by atoms with Crippen molar-refractivity contribution in [2.24, 2.45) is 0 Å². The van der Waals surface area contributed by atoms with Gasteiger partial charge in [0.2, 0.25) is 0 Å². The standard InChI is InChI=1S/C20H21N3O2/c1-3-25-17-10-8-16(9-11-17)14-22-20(24)19-7-5-13-23(19)18-6-4-12-21-15(18)2/h4-13H,3,14H2,1-2H3,(H,22,24). The van der Waals surface area contributed by atoms with E-state index in [1.165, 1.54) is 0 Å². The number of nitrogens with one attached hydrogen (secondary N) is 1. The van der Waals surface area contributed by atoms with Gasteiger partial charge in [-0.3, -0.25) is 9.78 Å². The summed E-state index contributed by atoms with van der Waals surface area (Å²) >= 11 is 0. The summed E-state index contributed by atoms with van der Waals surface area (Å²) in [7, 11) is 0. The van der Waals surface area contributed by atoms with Crippen molar-refractivity contribution in [2.75, 3.05) is 6.61 Å². The van der Waals surface area contributed by atoms with Crippen LogP contribution in [0.25, 0.3) is 5.69 Å². The Hall–Kier alpha value is -3.08. The van der Waals surface area contributed by atoms with Crippen LogP contribution in [0.3, 0.4) is 0 Å². The average molecular weight is 335 g/mol. The molecule has 0 aliphatic carbocycles. The van der Waals surface area contributed by atoms with Gasteiger partial charge in [-0.2, -0.15) is 0 Å². The lowest BCUT2D eigenvalue weighted by Crippen LogP contribution is -2.25. The number of benzene rings is 1. The summed E-state index contributed by atoms with van der Waals surface area (Å²) in [5.74, 6) is 0.709. The Labute approximate surface area is 147 Å². The Kier molecular flexibility index (Phi) is 5.14. The fourth-order valence-corrected chi connectivity index (χ4v) is 2.65. The molecule has 128 valence electrons. The molecule has 0 bridgehead atoms. The molecule has 25 heavy (non-hydrogen) atoms. The van der Waals surface area contributed by atoms with Crippen molar-refractivity contribution in [3.8, 4) is 11.4 Å². The third kappa shape index (κ3) is 3.88. The van der Waals surface area contributed by atoms with Gasteiger partial charge in [0, 0.05) is 18.9 Å². The van der Waals surface area contributed by atoms with Gasteiger partial charge in [-0.1, -0.05) is 12.1 Å². The van der Waals surface area contributed by atoms with E-state index in [0.29, 0.717) is 18.8 Å². The zero-order valence-corrected chi connectivity index (χ0v) is 14.4. The Morgan fingerprint density at radius 2 is 1.96 bits per heavy atom. The van der Waals surface area contributed by atoms with Gasteiger partial charge in [0.05, 0.1) is 18.0 Å². The molecule has 3 aromatic rings. The Bertz CT molecular complexity index is 853. The molecule has 0 saturated carbocycles. The average Bonchev–Trinajstić information content (AvgIpc) is 3.11. The molecule has 0 spiro atoms. The smallest absolute Gasteiger partial charge is 0.268 e. The first-order chi connectivity index (χ1) is 12.2. The highest BCUT2D eigenvalue weighted by Crippen LogP contribution is 2.16. The van der Waals surface area contributed by atoms with Gasteiger partial charge in [0.1, 0.15) is 11.4 Å². The Balaban J connectivity index is 1.70. The van der Waals surface area contributed by atoms with Crippen molar-refractivity contribution in [1.29, 1.82) is 0 Å². The molecule has 0 radical (unpaired) electrons. The number of aryl methyl sites for hydroxylation is 1. The lowest BCUT2D eigenvalue weighted by atomic mass is 10.2. The molecule has 1 aromatic carbocycles. The molecule has 5 nitrogen and oxygen atoms in total. The Morgan fingerprint density at radius 3 is 2.68 bits per heavy atom. The first kappa shape index (κ1) is 16.8. The van der Waals surface area contributed by atoms with E-state index in [-0.39, 0.29) is 5.91 Å². The van der Waals surface area contributed by atoms with Crippen LogP contribution >= 0.6 is 0 Å². The maximum absolute atomic E-state index is 12.6. The number of ether oxygens (including phenoxy) is 1. The molecule has 3 rings (SSSR count). The molecule has 0 saturated heterocycles. The van der Waals surface area contributed by atoms with Crippen LogP contribution in [0.15, 0.2) is 60.9 Å². The summed E-state index contributed by atoms with van der Waals surface area (Å²) < 4.78 is 7.28. The molecular formula is C20H21N3O2. The number of hydrogen-bond acceptors (Lipinski definition) is 3. The van der Waals surface area contributed by atoms with Crippen LogP contribution in [-0.2, 0) is 6.54 Å². The molecule has 0 fully saturated rings. The van der Waals surface area contributed by atoms with Crippen LogP contribution < -0.4 is 10.1 Å². The predicted octanol–water partition coefficient (Wildman–Crippen LogP) is 3.51. The second-order valence-corrected chi connectivity index (χ2v) is 5.63. The van der Waals surface area contributed by atoms with Crippen LogP contribution in [0.4, 0.5) is 0 Å². The summed E-state index contributed by atoms with van der Waals surface area (Å²) in [6, 6.07) is 15.2. The zero-order chi connectivity index (χ0) is 17.6. The van der Waals surface area contributed by atoms with Crippen LogP contribution in [0.2, 0.25) is 0 Å². The third-order valence-electron chi connectivity index (χ3n) is 3.91. The lowest BCUT2D eigenvalue weighted by Gasteiger charge is -2.12. The third-order valence-corrected chi connectivity index (χ3v) is 3.91. The zero-order valence-electron chi connectivity index (χ0n) is 14.4. The van der Waals surface area contributed by atoms with Crippen molar-refractivity contribution in [3.05, 3.63) is 77.9 Å². The molecule has 1 N–H and O–H groups in total. The van der Waals surface area contributed by atoms with E-state index in [1.807, 2.05) is 67.1 Å². The van der Waals surface area contributed by atoms with Crippen molar-refractivity contribution in [2.45, 2.75) is 20.4 Å². The minimum absolute atomic E-state index is 0.123. The van der Waals surface area contributed by atoms with E-state index < -0.39 is 0 Å². The summed E-state index contributed by atoms with van der Waals surface area (Å²) in [5, 5.41) is 2.96. The van der Waals surface area contributed by atoms with Gasteiger partial charge >= 0.3 is 0 Å². The minimum Gasteiger partial charge on any atom is -0.494 e. The molecule has 0 unspecified atom stereocenters. The van der Waals surface area contributed by atoms with E-state index in [0.717, 1.165) is 22.7 Å². The second-order valence-electron chi connectivity index (χ2n) is 5.63. The minimum atomic E-state index is -0.123. The highest BCUT2D eigenvalue weighted by atomic mass is 16.5. The SMILES string of the molecule is CCOc1ccc(CNC(=O)c2cccn2-c2cccnc2C)cc1. The van der Waals surface area contributed by atoms with E-state index >= 15 is 0 Å². The number of rotatable bonds is 6. The first-order valence-electron chi connectivity index (χ1n) is 8.28. The van der Waals surface area contributed by atoms with Gasteiger partial charge in [0.15, 0.2) is 0 Å². The van der Waals surface area contributed by atoms with Crippen LogP contribution in [0, 0.1) is 6.92 Å². The van der Waals surface area contributed by atoms with E-state index in [1.54, 1.807) is 12.3 Å². The van der Waals surface area contributed by atoms with E-state index in [9.17, 15) is 4.79 Å². The van der Waals surface area contributed by atoms with E-state index in [4.69, 9.17) is 4.74 Å². The lowest BCUT2D eigenvalue weighted by molar-refractivity contribution is 0.0944. The number of nitrogens with zero attached hydrogens (tertiary/aromatic N) is 2. The Morgan fingerprint density at radius 1 is 1.16 bits per heavy atom. The molecule has 1 amide bonds. The van der Waals surface area contributed by atoms with Crippen molar-refractivity contribution >= 4 is 5.91 Å². The fraction of sp³-hybridized carbons (Fsp3) is 0.200. The maximum Gasteiger partial charge on any atom is 0.268 e. The topological polar surface area (TPSA) is 56.1 Å². The maximum atomic E-state index is 12.6. The van der Waals surface area contributed by atoms with Gasteiger partial charge in [-0.15, -0.1) is 0 Å². The van der Waals surface area contributed by atoms with Gasteiger partial charge < -0.3 is 14.6 Å². The highest BCUT2D eigenvalue weighted by molar-refractivity contribution is 5.93. The van der Waals surface area contributed by atoms with Gasteiger partial charge in [-0.05, 0) is 55.8 Å². The molecule has 0 aliphatic heterocycles. The number of pyridine rings is 1. The number of aromatic nitrogens is 2. The van der Waals surface area contributed by atoms with Gasteiger partial charge in [-0.25, -0.2) is 0 Å². The quantitative estimate of drug-likeness (QED) is 0.750. The molecule has 2 heterocycles. The number of hydrogen-bond donors (Lipinski definition) is 1. The van der Waals surface area contributed by atoms with Crippen molar-refractivity contribution in [1.82, 2.24) is 14.9 Å². The summed E-state index contributed by atoms with van der Waals surface area (Å²) in [5.41, 5.74) is 3.38. The summed E-state index contributed by atoms with van der Waals surface area (Å²) in [4.78, 5) is 16.9. The van der Waals surface area contributed by atoms with Crippen molar-refractivity contribution in [3.63, 3.8) is 0 Å². The monoisotopic (exact) mass is 335 g/mol. The molecule has 0 aliphatic rings. The number of carbonyl (C=O) groups excluding carboxylic acids is 1. The van der Waals surface area contributed by atoms with Crippen LogP contribution in [-0.4, -0.2) is 22.1 Å². The summed E-state index contributed by atoms with van der Waals surface area (Å²) in [6.45, 7) is 4.98. The molecule has 5 heteroatoms. The van der Waals surface area contributed by atoms with Crippen LogP contribution in [0.1, 0.15) is 28.7 Å². The van der Waals surface area contributed by atoms with E-state index in [2.05, 4.69) is 10.3 Å². The first-order valence-corrected chi connectivity index (χ1v) is 8.28. The molecular weight excluding hydrogens is 314 g/mol. The summed E-state index contributed by atoms with van der Waals surface area (Å²) in [6.07, 6.45) is 3.61. The molecule has 2 aromatic heterocycles. The largest absolute Gasteiger partial charge is 0.494 e. The van der Waals surface area contributed by atoms with Crippen LogP contribution in [0.5, 0.6) is 5.75 Å².